The number of hydrogen-bond donors (Lipinski definition) is 3. The third-order valence-corrected chi connectivity index (χ3v) is 3.53. The summed E-state index contributed by atoms with van der Waals surface area (Å²) in [6.45, 7) is 1.71. The molecule has 4 heteroatoms. The third-order valence-electron chi connectivity index (χ3n) is 3.53. The largest absolute Gasteiger partial charge is 0.508 e. The monoisotopic (exact) mass is 336 g/mol. The summed E-state index contributed by atoms with van der Waals surface area (Å²) in [7, 11) is 0. The van der Waals surface area contributed by atoms with Gasteiger partial charge in [0.15, 0.2) is 5.78 Å². The van der Waals surface area contributed by atoms with Gasteiger partial charge in [-0.15, -0.1) is 0 Å². The Morgan fingerprint density at radius 1 is 1.00 bits per heavy atom. The van der Waals surface area contributed by atoms with E-state index in [1.54, 1.807) is 24.3 Å². The second-order valence-corrected chi connectivity index (χ2v) is 5.60. The standard InChI is InChI=1S/C21H20O4/c1-15-2-4-16(5-3-15)6-9-19(23)13-20(24)10-7-17-8-11-21(25)18(12-17)14-22/h2-13,22,24-25H,14H2,1H3/b9-6+,10-7+,20-13-. The number of aryl methyl sites for hydroxylation is 1. The number of aliphatic hydroxyl groups is 2. The van der Waals surface area contributed by atoms with Crippen molar-refractivity contribution in [2.45, 2.75) is 13.5 Å². The average Bonchev–Trinajstić information content (AvgIpc) is 2.60. The fourth-order valence-electron chi connectivity index (χ4n) is 2.12. The molecule has 3 N–H and O–H groups in total. The zero-order chi connectivity index (χ0) is 18.2. The van der Waals surface area contributed by atoms with E-state index < -0.39 is 0 Å². The van der Waals surface area contributed by atoms with Gasteiger partial charge in [0.05, 0.1) is 6.61 Å². The van der Waals surface area contributed by atoms with E-state index in [1.165, 1.54) is 18.2 Å². The molecule has 0 radical (unpaired) electrons. The van der Waals surface area contributed by atoms with Crippen molar-refractivity contribution in [3.63, 3.8) is 0 Å². The predicted molar refractivity (Wildman–Crippen MR) is 99.0 cm³/mol. The highest BCUT2D eigenvalue weighted by Crippen LogP contribution is 2.19. The summed E-state index contributed by atoms with van der Waals surface area (Å²) in [5.74, 6) is -0.502. The lowest BCUT2D eigenvalue weighted by atomic mass is 10.1. The van der Waals surface area contributed by atoms with E-state index in [4.69, 9.17) is 5.11 Å². The highest BCUT2D eigenvalue weighted by Gasteiger charge is 2.00. The Hall–Kier alpha value is -3.11. The SMILES string of the molecule is Cc1ccc(/C=C/C(=O)/C=C(O)/C=C/c2ccc(O)c(CO)c2)cc1. The highest BCUT2D eigenvalue weighted by atomic mass is 16.3. The van der Waals surface area contributed by atoms with Crippen molar-refractivity contribution in [2.24, 2.45) is 0 Å². The molecule has 25 heavy (non-hydrogen) atoms. The maximum atomic E-state index is 11.8. The first-order valence-corrected chi connectivity index (χ1v) is 7.78. The zero-order valence-corrected chi connectivity index (χ0v) is 13.9. The molecule has 0 aliphatic rings. The molecule has 2 aromatic carbocycles. The maximum absolute atomic E-state index is 11.8. The number of benzene rings is 2. The molecule has 0 aromatic heterocycles. The molecule has 128 valence electrons. The summed E-state index contributed by atoms with van der Waals surface area (Å²) < 4.78 is 0. The summed E-state index contributed by atoms with van der Waals surface area (Å²) in [6.07, 6.45) is 7.16. The van der Waals surface area contributed by atoms with Gasteiger partial charge in [-0.2, -0.15) is 0 Å². The Bertz CT molecular complexity index is 827. The minimum Gasteiger partial charge on any atom is -0.508 e. The van der Waals surface area contributed by atoms with Crippen LogP contribution in [0.3, 0.4) is 0 Å². The maximum Gasteiger partial charge on any atom is 0.182 e. The number of aromatic hydroxyl groups is 1. The van der Waals surface area contributed by atoms with E-state index in [9.17, 15) is 15.0 Å². The van der Waals surface area contributed by atoms with Gasteiger partial charge in [0.1, 0.15) is 11.5 Å². The number of ketones is 1. The number of phenols is 1. The third kappa shape index (κ3) is 5.79. The van der Waals surface area contributed by atoms with Crippen LogP contribution in [0.25, 0.3) is 12.2 Å². The Morgan fingerprint density at radius 2 is 1.64 bits per heavy atom. The van der Waals surface area contributed by atoms with Gasteiger partial charge in [0.25, 0.3) is 0 Å². The van der Waals surface area contributed by atoms with Gasteiger partial charge in [-0.3, -0.25) is 4.79 Å². The molecular formula is C21H20O4. The molecule has 0 unspecified atom stereocenters. The summed E-state index contributed by atoms with van der Waals surface area (Å²) in [4.78, 5) is 11.8. The van der Waals surface area contributed by atoms with Crippen LogP contribution in [0, 0.1) is 6.92 Å². The lowest BCUT2D eigenvalue weighted by molar-refractivity contribution is -0.110. The van der Waals surface area contributed by atoms with Crippen LogP contribution in [0.15, 0.2) is 66.5 Å². The van der Waals surface area contributed by atoms with Crippen LogP contribution >= 0.6 is 0 Å². The number of carbonyl (C=O) groups excluding carboxylic acids is 1. The molecule has 0 atom stereocenters. The van der Waals surface area contributed by atoms with E-state index in [2.05, 4.69) is 0 Å². The molecule has 0 saturated heterocycles. The normalized spacial score (nSPS) is 12.2. The van der Waals surface area contributed by atoms with Crippen molar-refractivity contribution < 1.29 is 20.1 Å². The zero-order valence-electron chi connectivity index (χ0n) is 13.9. The predicted octanol–water partition coefficient (Wildman–Crippen LogP) is 3.93. The highest BCUT2D eigenvalue weighted by molar-refractivity contribution is 6.02. The Morgan fingerprint density at radius 3 is 2.32 bits per heavy atom. The van der Waals surface area contributed by atoms with Crippen molar-refractivity contribution in [1.29, 1.82) is 0 Å². The molecule has 0 spiro atoms. The molecule has 0 heterocycles. The van der Waals surface area contributed by atoms with Gasteiger partial charge in [-0.1, -0.05) is 48.0 Å². The van der Waals surface area contributed by atoms with Gasteiger partial charge in [0.2, 0.25) is 0 Å². The number of aliphatic hydroxyl groups excluding tert-OH is 2. The average molecular weight is 336 g/mol. The lowest BCUT2D eigenvalue weighted by Crippen LogP contribution is -1.89. The van der Waals surface area contributed by atoms with Crippen LogP contribution in [0.5, 0.6) is 5.75 Å². The second-order valence-electron chi connectivity index (χ2n) is 5.60. The summed E-state index contributed by atoms with van der Waals surface area (Å²) >= 11 is 0. The number of rotatable bonds is 6. The lowest BCUT2D eigenvalue weighted by Gasteiger charge is -2.01. The van der Waals surface area contributed by atoms with Crippen molar-refractivity contribution in [3.8, 4) is 5.75 Å². The number of hydrogen-bond acceptors (Lipinski definition) is 4. The van der Waals surface area contributed by atoms with Gasteiger partial charge in [-0.25, -0.2) is 0 Å². The number of allylic oxidation sites excluding steroid dienone is 3. The smallest absolute Gasteiger partial charge is 0.182 e. The van der Waals surface area contributed by atoms with E-state index in [-0.39, 0.29) is 23.9 Å². The van der Waals surface area contributed by atoms with Crippen LogP contribution in [0.2, 0.25) is 0 Å². The summed E-state index contributed by atoms with van der Waals surface area (Å²) in [6, 6.07) is 12.4. The summed E-state index contributed by atoms with van der Waals surface area (Å²) in [5, 5.41) is 28.4. The molecule has 0 aliphatic carbocycles. The van der Waals surface area contributed by atoms with Gasteiger partial charge in [0, 0.05) is 11.6 Å². The van der Waals surface area contributed by atoms with E-state index in [0.717, 1.165) is 17.2 Å². The Kier molecular flexibility index (Phi) is 6.32. The molecule has 0 fully saturated rings. The fourth-order valence-corrected chi connectivity index (χ4v) is 2.12. The van der Waals surface area contributed by atoms with Crippen LogP contribution in [-0.4, -0.2) is 21.1 Å². The fraction of sp³-hybridized carbons (Fsp3) is 0.0952. The topological polar surface area (TPSA) is 77.8 Å². The Balaban J connectivity index is 2.02. The first-order chi connectivity index (χ1) is 12.0. The molecule has 0 amide bonds. The molecule has 2 aromatic rings. The minimum absolute atomic E-state index is 0.0100. The van der Waals surface area contributed by atoms with Crippen LogP contribution in [0.4, 0.5) is 0 Å². The quantitative estimate of drug-likeness (QED) is 0.424. The summed E-state index contributed by atoms with van der Waals surface area (Å²) in [5.41, 5.74) is 3.12. The first kappa shape index (κ1) is 18.2. The molecule has 2 rings (SSSR count). The number of carbonyl (C=O) groups is 1. The van der Waals surface area contributed by atoms with Crippen molar-refractivity contribution in [1.82, 2.24) is 0 Å². The van der Waals surface area contributed by atoms with Crippen LogP contribution in [-0.2, 0) is 11.4 Å². The Labute approximate surface area is 146 Å². The molecule has 4 nitrogen and oxygen atoms in total. The molecule has 0 aliphatic heterocycles. The minimum atomic E-state index is -0.329. The van der Waals surface area contributed by atoms with Gasteiger partial charge in [-0.05, 0) is 42.3 Å². The molecule has 0 bridgehead atoms. The van der Waals surface area contributed by atoms with E-state index >= 15 is 0 Å². The second kappa shape index (κ2) is 8.66. The van der Waals surface area contributed by atoms with Gasteiger partial charge < -0.3 is 15.3 Å². The van der Waals surface area contributed by atoms with Crippen LogP contribution < -0.4 is 0 Å². The van der Waals surface area contributed by atoms with Crippen molar-refractivity contribution in [2.75, 3.05) is 0 Å². The van der Waals surface area contributed by atoms with E-state index in [0.29, 0.717) is 11.1 Å². The van der Waals surface area contributed by atoms with E-state index in [1.807, 2.05) is 31.2 Å². The van der Waals surface area contributed by atoms with Gasteiger partial charge >= 0.3 is 0 Å². The first-order valence-electron chi connectivity index (χ1n) is 7.78. The molecular weight excluding hydrogens is 316 g/mol. The van der Waals surface area contributed by atoms with Crippen molar-refractivity contribution >= 4 is 17.9 Å². The van der Waals surface area contributed by atoms with Crippen LogP contribution in [0.1, 0.15) is 22.3 Å². The molecule has 0 saturated carbocycles. The van der Waals surface area contributed by atoms with Crippen molar-refractivity contribution in [3.05, 3.63) is 88.7 Å².